The highest BCUT2D eigenvalue weighted by Crippen LogP contribution is 2.24. The van der Waals surface area contributed by atoms with Gasteiger partial charge in [0.2, 0.25) is 0 Å². The Kier molecular flexibility index (Phi) is 3.46. The molecule has 1 fully saturated rings. The molecular formula is C8H17NO3. The molecule has 2 unspecified atom stereocenters. The first-order chi connectivity index (χ1) is 5.69. The summed E-state index contributed by atoms with van der Waals surface area (Å²) in [4.78, 5) is 0. The Labute approximate surface area is 72.5 Å². The van der Waals surface area contributed by atoms with E-state index in [9.17, 15) is 5.11 Å². The number of nitrogens with one attached hydrogen (secondary N) is 1. The average Bonchev–Trinajstić information content (AvgIpc) is 2.34. The molecule has 1 aliphatic heterocycles. The van der Waals surface area contributed by atoms with Gasteiger partial charge in [-0.05, 0) is 6.92 Å². The van der Waals surface area contributed by atoms with Crippen LogP contribution in [0.1, 0.15) is 13.3 Å². The summed E-state index contributed by atoms with van der Waals surface area (Å²) in [6.45, 7) is 3.61. The Bertz CT molecular complexity index is 142. The molecule has 1 saturated heterocycles. The lowest BCUT2D eigenvalue weighted by Gasteiger charge is -2.26. The number of rotatable bonds is 4. The molecule has 0 spiro atoms. The molecule has 4 heteroatoms. The Morgan fingerprint density at radius 3 is 2.92 bits per heavy atom. The molecule has 1 rings (SSSR count). The largest absolute Gasteiger partial charge is 0.395 e. The van der Waals surface area contributed by atoms with Crippen LogP contribution in [0.2, 0.25) is 0 Å². The van der Waals surface area contributed by atoms with Gasteiger partial charge in [-0.2, -0.15) is 0 Å². The molecule has 0 saturated carbocycles. The van der Waals surface area contributed by atoms with Crippen LogP contribution in [0.25, 0.3) is 0 Å². The lowest BCUT2D eigenvalue weighted by molar-refractivity contribution is -0.0264. The fraction of sp³-hybridized carbons (Fsp3) is 1.00. The van der Waals surface area contributed by atoms with E-state index in [4.69, 9.17) is 9.84 Å². The van der Waals surface area contributed by atoms with Crippen molar-refractivity contribution < 1.29 is 14.9 Å². The highest BCUT2D eigenvalue weighted by atomic mass is 16.5. The second-order valence-electron chi connectivity index (χ2n) is 3.27. The van der Waals surface area contributed by atoms with Crippen molar-refractivity contribution in [2.75, 3.05) is 26.3 Å². The van der Waals surface area contributed by atoms with Crippen molar-refractivity contribution >= 4 is 0 Å². The van der Waals surface area contributed by atoms with Gasteiger partial charge < -0.3 is 20.3 Å². The number of hydrogen-bond acceptors (Lipinski definition) is 4. The second kappa shape index (κ2) is 4.18. The smallest absolute Gasteiger partial charge is 0.105 e. The van der Waals surface area contributed by atoms with E-state index < -0.39 is 5.60 Å². The maximum absolute atomic E-state index is 9.92. The number of aliphatic hydroxyl groups is 2. The van der Waals surface area contributed by atoms with E-state index in [0.29, 0.717) is 26.1 Å². The van der Waals surface area contributed by atoms with Crippen molar-refractivity contribution in [1.29, 1.82) is 0 Å². The van der Waals surface area contributed by atoms with Crippen LogP contribution in [0.3, 0.4) is 0 Å². The van der Waals surface area contributed by atoms with Crippen LogP contribution in [0.5, 0.6) is 0 Å². The Morgan fingerprint density at radius 2 is 2.42 bits per heavy atom. The van der Waals surface area contributed by atoms with Gasteiger partial charge in [0.25, 0.3) is 0 Å². The quantitative estimate of drug-likeness (QED) is 0.485. The molecule has 0 aromatic heterocycles. The number of aliphatic hydroxyl groups excluding tert-OH is 1. The molecule has 72 valence electrons. The van der Waals surface area contributed by atoms with Gasteiger partial charge in [-0.25, -0.2) is 0 Å². The molecule has 12 heavy (non-hydrogen) atoms. The zero-order valence-electron chi connectivity index (χ0n) is 7.42. The summed E-state index contributed by atoms with van der Waals surface area (Å²) in [6.07, 6.45) is 0.566. The zero-order chi connectivity index (χ0) is 9.03. The lowest BCUT2D eigenvalue weighted by atomic mass is 9.97. The molecule has 0 aromatic rings. The van der Waals surface area contributed by atoms with Crippen LogP contribution < -0.4 is 5.32 Å². The average molecular weight is 175 g/mol. The van der Waals surface area contributed by atoms with E-state index in [2.05, 4.69) is 5.32 Å². The molecule has 1 aliphatic rings. The Hall–Kier alpha value is -0.160. The van der Waals surface area contributed by atoms with Crippen LogP contribution in [0.15, 0.2) is 0 Å². The van der Waals surface area contributed by atoms with Gasteiger partial charge in [-0.1, -0.05) is 0 Å². The second-order valence-corrected chi connectivity index (χ2v) is 3.27. The van der Waals surface area contributed by atoms with E-state index in [1.54, 1.807) is 0 Å². The molecule has 0 aliphatic carbocycles. The third-order valence-electron chi connectivity index (χ3n) is 2.38. The first kappa shape index (κ1) is 9.92. The number of hydrogen-bond donors (Lipinski definition) is 3. The fourth-order valence-corrected chi connectivity index (χ4v) is 1.39. The number of ether oxygens (including phenoxy) is 1. The molecule has 3 N–H and O–H groups in total. The van der Waals surface area contributed by atoms with Gasteiger partial charge in [0.1, 0.15) is 5.60 Å². The highest BCUT2D eigenvalue weighted by molar-refractivity contribution is 4.91. The molecule has 0 amide bonds. The van der Waals surface area contributed by atoms with Crippen LogP contribution in [-0.2, 0) is 4.74 Å². The Balaban J connectivity index is 2.27. The van der Waals surface area contributed by atoms with Crippen LogP contribution >= 0.6 is 0 Å². The molecule has 0 aromatic carbocycles. The van der Waals surface area contributed by atoms with E-state index in [0.717, 1.165) is 0 Å². The van der Waals surface area contributed by atoms with Crippen molar-refractivity contribution in [3.8, 4) is 0 Å². The first-order valence-electron chi connectivity index (χ1n) is 4.34. The van der Waals surface area contributed by atoms with Crippen molar-refractivity contribution in [3.05, 3.63) is 0 Å². The van der Waals surface area contributed by atoms with E-state index in [1.165, 1.54) is 0 Å². The first-order valence-corrected chi connectivity index (χ1v) is 4.34. The maximum Gasteiger partial charge on any atom is 0.105 e. The van der Waals surface area contributed by atoms with E-state index >= 15 is 0 Å². The minimum Gasteiger partial charge on any atom is -0.395 e. The van der Waals surface area contributed by atoms with Gasteiger partial charge in [-0.15, -0.1) is 0 Å². The van der Waals surface area contributed by atoms with Gasteiger partial charge in [-0.3, -0.25) is 0 Å². The zero-order valence-corrected chi connectivity index (χ0v) is 7.42. The van der Waals surface area contributed by atoms with Crippen LogP contribution in [-0.4, -0.2) is 48.2 Å². The van der Waals surface area contributed by atoms with E-state index in [-0.39, 0.29) is 12.7 Å². The monoisotopic (exact) mass is 175 g/mol. The third-order valence-corrected chi connectivity index (χ3v) is 2.38. The normalized spacial score (nSPS) is 35.8. The summed E-state index contributed by atoms with van der Waals surface area (Å²) >= 11 is 0. The summed E-state index contributed by atoms with van der Waals surface area (Å²) in [5.74, 6) is 0. The van der Waals surface area contributed by atoms with Crippen molar-refractivity contribution in [1.82, 2.24) is 5.32 Å². The molecule has 0 bridgehead atoms. The van der Waals surface area contributed by atoms with Crippen molar-refractivity contribution in [3.63, 3.8) is 0 Å². The molecular weight excluding hydrogens is 158 g/mol. The predicted molar refractivity (Wildman–Crippen MR) is 44.9 cm³/mol. The van der Waals surface area contributed by atoms with E-state index in [1.807, 2.05) is 6.92 Å². The SMILES string of the molecule is CC1OCCC1(O)CNCCO. The van der Waals surface area contributed by atoms with Gasteiger partial charge in [0.15, 0.2) is 0 Å². The van der Waals surface area contributed by atoms with Crippen LogP contribution in [0.4, 0.5) is 0 Å². The predicted octanol–water partition coefficient (Wildman–Crippen LogP) is -0.892. The fourth-order valence-electron chi connectivity index (χ4n) is 1.39. The summed E-state index contributed by atoms with van der Waals surface area (Å²) in [7, 11) is 0. The van der Waals surface area contributed by atoms with Crippen molar-refractivity contribution in [2.24, 2.45) is 0 Å². The van der Waals surface area contributed by atoms with Crippen LogP contribution in [0, 0.1) is 0 Å². The summed E-state index contributed by atoms with van der Waals surface area (Å²) in [5.41, 5.74) is -0.741. The highest BCUT2D eigenvalue weighted by Gasteiger charge is 2.38. The topological polar surface area (TPSA) is 61.7 Å². The summed E-state index contributed by atoms with van der Waals surface area (Å²) in [5, 5.41) is 21.4. The van der Waals surface area contributed by atoms with Gasteiger partial charge in [0.05, 0.1) is 12.7 Å². The Morgan fingerprint density at radius 1 is 1.67 bits per heavy atom. The molecule has 2 atom stereocenters. The molecule has 1 heterocycles. The maximum atomic E-state index is 9.92. The minimum absolute atomic E-state index is 0.102. The standard InChI is InChI=1S/C8H17NO3/c1-7-8(11,2-5-12-7)6-9-3-4-10/h7,9-11H,2-6H2,1H3. The molecule has 0 radical (unpaired) electrons. The minimum atomic E-state index is -0.741. The lowest BCUT2D eigenvalue weighted by Crippen LogP contribution is -2.46. The third kappa shape index (κ3) is 2.17. The van der Waals surface area contributed by atoms with Gasteiger partial charge >= 0.3 is 0 Å². The molecule has 4 nitrogen and oxygen atoms in total. The van der Waals surface area contributed by atoms with Gasteiger partial charge in [0, 0.05) is 26.1 Å². The summed E-state index contributed by atoms with van der Waals surface area (Å²) in [6, 6.07) is 0. The van der Waals surface area contributed by atoms with Crippen molar-refractivity contribution in [2.45, 2.75) is 25.0 Å². The summed E-state index contributed by atoms with van der Waals surface area (Å²) < 4.78 is 5.25.